The fourth-order valence-corrected chi connectivity index (χ4v) is 2.97. The Kier molecular flexibility index (Phi) is 6.99. The summed E-state index contributed by atoms with van der Waals surface area (Å²) in [7, 11) is -3.83. The molecular formula is C15H24N2O4S. The van der Waals surface area contributed by atoms with Crippen molar-refractivity contribution in [2.24, 2.45) is 5.14 Å². The van der Waals surface area contributed by atoms with Gasteiger partial charge in [0, 0.05) is 6.54 Å². The first-order valence-corrected chi connectivity index (χ1v) is 8.95. The lowest BCUT2D eigenvalue weighted by Gasteiger charge is -2.21. The fourth-order valence-electron chi connectivity index (χ4n) is 2.41. The van der Waals surface area contributed by atoms with E-state index in [1.807, 2.05) is 0 Å². The molecule has 6 nitrogen and oxygen atoms in total. The van der Waals surface area contributed by atoms with Gasteiger partial charge in [0.1, 0.15) is 0 Å². The molecule has 124 valence electrons. The van der Waals surface area contributed by atoms with Gasteiger partial charge >= 0.3 is 5.97 Å². The molecule has 0 aliphatic carbocycles. The largest absolute Gasteiger partial charge is 0.478 e. The average Bonchev–Trinajstić information content (AvgIpc) is 2.43. The number of rotatable bonds is 9. The highest BCUT2D eigenvalue weighted by molar-refractivity contribution is 7.89. The van der Waals surface area contributed by atoms with Gasteiger partial charge in [0.05, 0.1) is 10.5 Å². The van der Waals surface area contributed by atoms with Crippen molar-refractivity contribution in [1.29, 1.82) is 0 Å². The van der Waals surface area contributed by atoms with E-state index >= 15 is 0 Å². The van der Waals surface area contributed by atoms with Crippen LogP contribution >= 0.6 is 0 Å². The Morgan fingerprint density at radius 1 is 1.18 bits per heavy atom. The van der Waals surface area contributed by atoms with Crippen LogP contribution in [0.25, 0.3) is 0 Å². The Labute approximate surface area is 132 Å². The van der Waals surface area contributed by atoms with Gasteiger partial charge in [0.25, 0.3) is 0 Å². The molecule has 0 heterocycles. The van der Waals surface area contributed by atoms with E-state index in [-0.39, 0.29) is 10.5 Å². The molecule has 0 saturated heterocycles. The highest BCUT2D eigenvalue weighted by Gasteiger charge is 2.16. The third kappa shape index (κ3) is 5.40. The predicted octanol–water partition coefficient (Wildman–Crippen LogP) is 1.70. The number of aromatic carboxylic acids is 1. The van der Waals surface area contributed by atoms with E-state index < -0.39 is 16.0 Å². The minimum atomic E-state index is -3.83. The van der Waals surface area contributed by atoms with Crippen LogP contribution in [0.15, 0.2) is 23.1 Å². The molecule has 7 heteroatoms. The molecule has 0 aromatic heterocycles. The number of nitrogens with two attached hydrogens (primary N) is 1. The molecule has 0 spiro atoms. The minimum Gasteiger partial charge on any atom is -0.478 e. The summed E-state index contributed by atoms with van der Waals surface area (Å²) in [6.07, 6.45) is 2.51. The number of nitrogens with zero attached hydrogens (tertiary/aromatic N) is 1. The predicted molar refractivity (Wildman–Crippen MR) is 85.5 cm³/mol. The number of benzene rings is 1. The summed E-state index contributed by atoms with van der Waals surface area (Å²) < 4.78 is 22.9. The Bertz CT molecular complexity index is 608. The molecule has 0 aliphatic rings. The molecule has 0 atom stereocenters. The second kappa shape index (κ2) is 8.26. The fraction of sp³-hybridized carbons (Fsp3) is 0.533. The second-order valence-corrected chi connectivity index (χ2v) is 6.82. The Hall–Kier alpha value is -1.44. The summed E-state index contributed by atoms with van der Waals surface area (Å²) in [6.45, 7) is 6.74. The molecule has 3 N–H and O–H groups in total. The lowest BCUT2D eigenvalue weighted by atomic mass is 10.0. The Morgan fingerprint density at radius 3 is 2.23 bits per heavy atom. The summed E-state index contributed by atoms with van der Waals surface area (Å²) in [4.78, 5) is 13.5. The van der Waals surface area contributed by atoms with Gasteiger partial charge < -0.3 is 10.0 Å². The third-order valence-electron chi connectivity index (χ3n) is 3.41. The maximum Gasteiger partial charge on any atom is 0.335 e. The van der Waals surface area contributed by atoms with Gasteiger partial charge in [-0.1, -0.05) is 13.8 Å². The Balaban J connectivity index is 3.01. The molecule has 0 unspecified atom stereocenters. The van der Waals surface area contributed by atoms with Gasteiger partial charge in [-0.05, 0) is 56.1 Å². The molecule has 0 fully saturated rings. The summed E-state index contributed by atoms with van der Waals surface area (Å²) in [6, 6.07) is 3.91. The summed E-state index contributed by atoms with van der Waals surface area (Å²) in [5, 5.41) is 14.4. The monoisotopic (exact) mass is 328 g/mol. The van der Waals surface area contributed by atoms with Crippen molar-refractivity contribution in [2.75, 3.05) is 19.6 Å². The van der Waals surface area contributed by atoms with E-state index in [4.69, 9.17) is 5.14 Å². The highest BCUT2D eigenvalue weighted by atomic mass is 32.2. The molecular weight excluding hydrogens is 304 g/mol. The van der Waals surface area contributed by atoms with Crippen LogP contribution in [0, 0.1) is 0 Å². The highest BCUT2D eigenvalue weighted by Crippen LogP contribution is 2.17. The van der Waals surface area contributed by atoms with E-state index in [9.17, 15) is 18.3 Å². The SMILES string of the molecule is CCCN(CCC)CCc1cc(S(N)(=O)=O)ccc1C(=O)O. The zero-order valence-corrected chi connectivity index (χ0v) is 13.9. The molecule has 1 rings (SSSR count). The first-order chi connectivity index (χ1) is 10.3. The molecule has 1 aromatic rings. The van der Waals surface area contributed by atoms with Crippen molar-refractivity contribution in [2.45, 2.75) is 38.0 Å². The number of sulfonamides is 1. The van der Waals surface area contributed by atoms with Crippen molar-refractivity contribution in [3.8, 4) is 0 Å². The quantitative estimate of drug-likeness (QED) is 0.718. The van der Waals surface area contributed by atoms with Crippen molar-refractivity contribution >= 4 is 16.0 Å². The second-order valence-electron chi connectivity index (χ2n) is 5.26. The summed E-state index contributed by atoms with van der Waals surface area (Å²) in [5.74, 6) is -1.06. The van der Waals surface area contributed by atoms with Crippen molar-refractivity contribution < 1.29 is 18.3 Å². The Morgan fingerprint density at radius 2 is 1.77 bits per heavy atom. The van der Waals surface area contributed by atoms with Crippen LogP contribution in [0.4, 0.5) is 0 Å². The molecule has 1 aromatic carbocycles. The molecule has 0 bridgehead atoms. The van der Waals surface area contributed by atoms with Gasteiger partial charge in [-0.15, -0.1) is 0 Å². The molecule has 0 amide bonds. The van der Waals surface area contributed by atoms with Crippen LogP contribution in [-0.4, -0.2) is 44.0 Å². The lowest BCUT2D eigenvalue weighted by molar-refractivity contribution is 0.0695. The maximum atomic E-state index is 11.4. The lowest BCUT2D eigenvalue weighted by Crippen LogP contribution is -2.28. The van der Waals surface area contributed by atoms with Crippen LogP contribution < -0.4 is 5.14 Å². The van der Waals surface area contributed by atoms with E-state index in [1.165, 1.54) is 18.2 Å². The zero-order chi connectivity index (χ0) is 16.8. The first kappa shape index (κ1) is 18.6. The van der Waals surface area contributed by atoms with Crippen LogP contribution in [-0.2, 0) is 16.4 Å². The molecule has 0 saturated carbocycles. The number of carbonyl (C=O) groups is 1. The number of primary sulfonamides is 1. The molecule has 22 heavy (non-hydrogen) atoms. The maximum absolute atomic E-state index is 11.4. The first-order valence-electron chi connectivity index (χ1n) is 7.41. The number of carboxylic acid groups (broad SMARTS) is 1. The van der Waals surface area contributed by atoms with Crippen molar-refractivity contribution in [3.63, 3.8) is 0 Å². The number of hydrogen-bond acceptors (Lipinski definition) is 4. The number of hydrogen-bond donors (Lipinski definition) is 2. The van der Waals surface area contributed by atoms with Crippen molar-refractivity contribution in [1.82, 2.24) is 4.90 Å². The topological polar surface area (TPSA) is 101 Å². The van der Waals surface area contributed by atoms with Crippen LogP contribution in [0.3, 0.4) is 0 Å². The average molecular weight is 328 g/mol. The van der Waals surface area contributed by atoms with Crippen LogP contribution in [0.5, 0.6) is 0 Å². The van der Waals surface area contributed by atoms with Gasteiger partial charge in [0.15, 0.2) is 0 Å². The van der Waals surface area contributed by atoms with Gasteiger partial charge in [-0.3, -0.25) is 0 Å². The number of carboxylic acids is 1. The van der Waals surface area contributed by atoms with E-state index in [2.05, 4.69) is 18.7 Å². The van der Waals surface area contributed by atoms with Crippen molar-refractivity contribution in [3.05, 3.63) is 29.3 Å². The third-order valence-corrected chi connectivity index (χ3v) is 4.32. The van der Waals surface area contributed by atoms with Gasteiger partial charge in [0.2, 0.25) is 10.0 Å². The molecule has 0 radical (unpaired) electrons. The van der Waals surface area contributed by atoms with E-state index in [1.54, 1.807) is 0 Å². The van der Waals surface area contributed by atoms with Gasteiger partial charge in [-0.25, -0.2) is 18.4 Å². The van der Waals surface area contributed by atoms with Crippen LogP contribution in [0.1, 0.15) is 42.6 Å². The minimum absolute atomic E-state index is 0.0509. The van der Waals surface area contributed by atoms with E-state index in [0.717, 1.165) is 25.9 Å². The van der Waals surface area contributed by atoms with Gasteiger partial charge in [-0.2, -0.15) is 0 Å². The van der Waals surface area contributed by atoms with E-state index in [0.29, 0.717) is 18.5 Å². The zero-order valence-electron chi connectivity index (χ0n) is 13.1. The smallest absolute Gasteiger partial charge is 0.335 e. The standard InChI is InChI=1S/C15H24N2O4S/c1-3-8-17(9-4-2)10-7-12-11-13(22(16,20)21)5-6-14(12)15(18)19/h5-6,11H,3-4,7-10H2,1-2H3,(H,18,19)(H2,16,20,21). The molecule has 0 aliphatic heterocycles. The van der Waals surface area contributed by atoms with Crippen LogP contribution in [0.2, 0.25) is 0 Å². The summed E-state index contributed by atoms with van der Waals surface area (Å²) >= 11 is 0. The summed E-state index contributed by atoms with van der Waals surface area (Å²) in [5.41, 5.74) is 0.622. The normalized spacial score (nSPS) is 11.8.